The zero-order valence-electron chi connectivity index (χ0n) is 8.88. The van der Waals surface area contributed by atoms with Crippen LogP contribution in [-0.4, -0.2) is 17.7 Å². The Kier molecular flexibility index (Phi) is 5.26. The van der Waals surface area contributed by atoms with Crippen LogP contribution in [0.3, 0.4) is 0 Å². The molecule has 1 saturated carbocycles. The Balaban J connectivity index is 0.00000144. The maximum atomic E-state index is 5.87. The smallest absolute Gasteiger partial charge is 0.0602 e. The summed E-state index contributed by atoms with van der Waals surface area (Å²) in [6, 6.07) is 0.367. The third kappa shape index (κ3) is 5.50. The first-order valence-corrected chi connectivity index (χ1v) is 4.91. The van der Waals surface area contributed by atoms with Gasteiger partial charge in [0.25, 0.3) is 0 Å². The molecule has 2 atom stereocenters. The quantitative estimate of drug-likeness (QED) is 0.717. The molecule has 0 amide bonds. The van der Waals surface area contributed by atoms with Gasteiger partial charge >= 0.3 is 0 Å². The molecule has 0 aromatic rings. The van der Waals surface area contributed by atoms with Crippen molar-refractivity contribution >= 4 is 12.4 Å². The van der Waals surface area contributed by atoms with Crippen LogP contribution in [-0.2, 0) is 4.74 Å². The molecule has 0 spiro atoms. The Hall–Kier alpha value is 0.210. The van der Waals surface area contributed by atoms with E-state index < -0.39 is 0 Å². The van der Waals surface area contributed by atoms with Crippen molar-refractivity contribution in [2.75, 3.05) is 0 Å². The van der Waals surface area contributed by atoms with Crippen molar-refractivity contribution in [3.63, 3.8) is 0 Å². The molecule has 13 heavy (non-hydrogen) atoms. The molecule has 1 aliphatic carbocycles. The van der Waals surface area contributed by atoms with Gasteiger partial charge in [0.15, 0.2) is 0 Å². The average Bonchev–Trinajstić information content (AvgIpc) is 1.82. The van der Waals surface area contributed by atoms with Crippen LogP contribution in [0.4, 0.5) is 0 Å². The molecular formula is C10H22ClNO. The van der Waals surface area contributed by atoms with Gasteiger partial charge in [0.05, 0.1) is 11.7 Å². The van der Waals surface area contributed by atoms with Gasteiger partial charge in [-0.15, -0.1) is 12.4 Å². The van der Waals surface area contributed by atoms with E-state index >= 15 is 0 Å². The van der Waals surface area contributed by atoms with Gasteiger partial charge < -0.3 is 10.5 Å². The second kappa shape index (κ2) is 5.18. The summed E-state index contributed by atoms with van der Waals surface area (Å²) in [4.78, 5) is 0. The topological polar surface area (TPSA) is 35.2 Å². The van der Waals surface area contributed by atoms with Crippen LogP contribution < -0.4 is 5.73 Å². The lowest BCUT2D eigenvalue weighted by atomic mass is 9.93. The van der Waals surface area contributed by atoms with Crippen molar-refractivity contribution in [1.82, 2.24) is 0 Å². The fourth-order valence-corrected chi connectivity index (χ4v) is 1.79. The molecule has 0 heterocycles. The number of nitrogens with two attached hydrogens (primary N) is 1. The lowest BCUT2D eigenvalue weighted by Crippen LogP contribution is -2.36. The molecule has 0 aromatic heterocycles. The van der Waals surface area contributed by atoms with E-state index in [0.29, 0.717) is 12.1 Å². The molecule has 1 aliphatic rings. The van der Waals surface area contributed by atoms with E-state index in [1.165, 1.54) is 19.3 Å². The van der Waals surface area contributed by atoms with E-state index in [0.717, 1.165) is 6.42 Å². The Morgan fingerprint density at radius 2 is 1.85 bits per heavy atom. The van der Waals surface area contributed by atoms with Gasteiger partial charge in [-0.3, -0.25) is 0 Å². The van der Waals surface area contributed by atoms with Gasteiger partial charge in [-0.25, -0.2) is 0 Å². The minimum Gasteiger partial charge on any atom is -0.373 e. The number of halogens is 1. The summed E-state index contributed by atoms with van der Waals surface area (Å²) in [5.74, 6) is 0. The first-order chi connectivity index (χ1) is 5.47. The summed E-state index contributed by atoms with van der Waals surface area (Å²) in [6.45, 7) is 6.31. The zero-order chi connectivity index (χ0) is 9.19. The normalized spacial score (nSPS) is 29.5. The summed E-state index contributed by atoms with van der Waals surface area (Å²) in [5, 5.41) is 0. The van der Waals surface area contributed by atoms with Crippen LogP contribution in [0.5, 0.6) is 0 Å². The molecule has 1 rings (SSSR count). The second-order valence-corrected chi connectivity index (χ2v) is 4.78. The molecule has 0 bridgehead atoms. The summed E-state index contributed by atoms with van der Waals surface area (Å²) in [5.41, 5.74) is 5.85. The highest BCUT2D eigenvalue weighted by atomic mass is 35.5. The largest absolute Gasteiger partial charge is 0.373 e. The van der Waals surface area contributed by atoms with Crippen molar-refractivity contribution in [2.45, 2.75) is 64.2 Å². The minimum absolute atomic E-state index is 0. The fraction of sp³-hybridized carbons (Fsp3) is 1.00. The van der Waals surface area contributed by atoms with Crippen molar-refractivity contribution < 1.29 is 4.74 Å². The predicted molar refractivity (Wildman–Crippen MR) is 58.3 cm³/mol. The van der Waals surface area contributed by atoms with Crippen LogP contribution in [0.1, 0.15) is 46.5 Å². The van der Waals surface area contributed by atoms with E-state index in [4.69, 9.17) is 10.5 Å². The number of hydrogen-bond acceptors (Lipinski definition) is 2. The molecule has 0 aromatic carbocycles. The van der Waals surface area contributed by atoms with Crippen LogP contribution in [0.2, 0.25) is 0 Å². The summed E-state index contributed by atoms with van der Waals surface area (Å²) in [6.07, 6.45) is 5.02. The SMILES string of the molecule is CC(C)(C)OC1CCCC(N)C1.Cl. The molecule has 3 heteroatoms. The maximum Gasteiger partial charge on any atom is 0.0602 e. The van der Waals surface area contributed by atoms with Gasteiger partial charge in [0.2, 0.25) is 0 Å². The molecule has 0 aliphatic heterocycles. The van der Waals surface area contributed by atoms with Gasteiger partial charge in [-0.1, -0.05) is 0 Å². The summed E-state index contributed by atoms with van der Waals surface area (Å²) in [7, 11) is 0. The van der Waals surface area contributed by atoms with E-state index in [1.807, 2.05) is 0 Å². The van der Waals surface area contributed by atoms with Crippen LogP contribution in [0, 0.1) is 0 Å². The number of rotatable bonds is 1. The predicted octanol–water partition coefficient (Wildman–Crippen LogP) is 2.49. The highest BCUT2D eigenvalue weighted by Gasteiger charge is 2.24. The van der Waals surface area contributed by atoms with E-state index in [9.17, 15) is 0 Å². The van der Waals surface area contributed by atoms with Crippen molar-refractivity contribution in [1.29, 1.82) is 0 Å². The molecule has 0 radical (unpaired) electrons. The summed E-state index contributed by atoms with van der Waals surface area (Å²) >= 11 is 0. The third-order valence-electron chi connectivity index (χ3n) is 2.19. The lowest BCUT2D eigenvalue weighted by molar-refractivity contribution is -0.0757. The van der Waals surface area contributed by atoms with Crippen LogP contribution in [0.25, 0.3) is 0 Å². The fourth-order valence-electron chi connectivity index (χ4n) is 1.79. The Labute approximate surface area is 87.6 Å². The van der Waals surface area contributed by atoms with Gasteiger partial charge in [0, 0.05) is 6.04 Å². The minimum atomic E-state index is -0.0122. The first kappa shape index (κ1) is 13.2. The summed E-state index contributed by atoms with van der Waals surface area (Å²) < 4.78 is 5.87. The van der Waals surface area contributed by atoms with E-state index in [1.54, 1.807) is 0 Å². The van der Waals surface area contributed by atoms with E-state index in [-0.39, 0.29) is 18.0 Å². The van der Waals surface area contributed by atoms with Crippen LogP contribution in [0.15, 0.2) is 0 Å². The molecule has 2 N–H and O–H groups in total. The number of ether oxygens (including phenoxy) is 1. The van der Waals surface area contributed by atoms with Crippen molar-refractivity contribution in [3.8, 4) is 0 Å². The standard InChI is InChI=1S/C10H21NO.ClH/c1-10(2,3)12-9-6-4-5-8(11)7-9;/h8-9H,4-7,11H2,1-3H3;1H. The number of hydrogen-bond donors (Lipinski definition) is 1. The first-order valence-electron chi connectivity index (χ1n) is 4.91. The average molecular weight is 208 g/mol. The van der Waals surface area contributed by atoms with E-state index in [2.05, 4.69) is 20.8 Å². The molecule has 80 valence electrons. The van der Waals surface area contributed by atoms with Gasteiger partial charge in [-0.2, -0.15) is 0 Å². The molecule has 2 unspecified atom stereocenters. The maximum absolute atomic E-state index is 5.87. The van der Waals surface area contributed by atoms with Crippen molar-refractivity contribution in [3.05, 3.63) is 0 Å². The van der Waals surface area contributed by atoms with Crippen molar-refractivity contribution in [2.24, 2.45) is 5.73 Å². The zero-order valence-corrected chi connectivity index (χ0v) is 9.69. The monoisotopic (exact) mass is 207 g/mol. The molecule has 0 saturated heterocycles. The van der Waals surface area contributed by atoms with Crippen LogP contribution >= 0.6 is 12.4 Å². The molecule has 1 fully saturated rings. The van der Waals surface area contributed by atoms with Gasteiger partial charge in [-0.05, 0) is 46.5 Å². The Morgan fingerprint density at radius 3 is 2.31 bits per heavy atom. The highest BCUT2D eigenvalue weighted by Crippen LogP contribution is 2.23. The lowest BCUT2D eigenvalue weighted by Gasteiger charge is -2.32. The third-order valence-corrected chi connectivity index (χ3v) is 2.19. The Morgan fingerprint density at radius 1 is 1.23 bits per heavy atom. The Bertz CT molecular complexity index is 144. The molecule has 2 nitrogen and oxygen atoms in total. The second-order valence-electron chi connectivity index (χ2n) is 4.78. The highest BCUT2D eigenvalue weighted by molar-refractivity contribution is 5.85. The molecular weight excluding hydrogens is 186 g/mol. The van der Waals surface area contributed by atoms with Gasteiger partial charge in [0.1, 0.15) is 0 Å².